The molecule has 1 aliphatic carbocycles. The van der Waals surface area contributed by atoms with E-state index in [1.807, 2.05) is 12.1 Å². The van der Waals surface area contributed by atoms with Crippen molar-refractivity contribution in [1.82, 2.24) is 15.3 Å². The first-order valence-corrected chi connectivity index (χ1v) is 7.77. The van der Waals surface area contributed by atoms with Crippen LogP contribution in [0.1, 0.15) is 48.2 Å². The Bertz CT molecular complexity index is 781. The van der Waals surface area contributed by atoms with Crippen LogP contribution in [0.25, 0.3) is 11.0 Å². The van der Waals surface area contributed by atoms with Crippen LogP contribution >= 0.6 is 0 Å². The monoisotopic (exact) mass is 309 g/mol. The minimum atomic E-state index is -0.550. The Labute approximate surface area is 134 Å². The first kappa shape index (κ1) is 15.3. The fraction of sp³-hybridized carbons (Fsp3) is 0.333. The SMILES string of the molecule is C=CC[C@H](NC(=O)c1cnc2nc(C3CC3)ccc2c1)C(C)=O. The lowest BCUT2D eigenvalue weighted by Gasteiger charge is -2.14. The van der Waals surface area contributed by atoms with Gasteiger partial charge < -0.3 is 5.32 Å². The van der Waals surface area contributed by atoms with Gasteiger partial charge in [-0.15, -0.1) is 6.58 Å². The van der Waals surface area contributed by atoms with Crippen molar-refractivity contribution in [2.24, 2.45) is 0 Å². The van der Waals surface area contributed by atoms with Gasteiger partial charge in [0.1, 0.15) is 0 Å². The molecule has 5 nitrogen and oxygen atoms in total. The average molecular weight is 309 g/mol. The number of hydrogen-bond acceptors (Lipinski definition) is 4. The van der Waals surface area contributed by atoms with Crippen LogP contribution in [0.15, 0.2) is 37.1 Å². The second kappa shape index (κ2) is 6.28. The number of fused-ring (bicyclic) bond motifs is 1. The fourth-order valence-corrected chi connectivity index (χ4v) is 2.49. The number of pyridine rings is 2. The van der Waals surface area contributed by atoms with E-state index in [1.165, 1.54) is 26.0 Å². The molecule has 1 fully saturated rings. The molecule has 5 heteroatoms. The van der Waals surface area contributed by atoms with Gasteiger partial charge in [0.2, 0.25) is 0 Å². The van der Waals surface area contributed by atoms with Crippen LogP contribution in [0.4, 0.5) is 0 Å². The highest BCUT2D eigenvalue weighted by Crippen LogP contribution is 2.39. The van der Waals surface area contributed by atoms with Gasteiger partial charge in [0.15, 0.2) is 11.4 Å². The Kier molecular flexibility index (Phi) is 4.19. The Morgan fingerprint density at radius 1 is 1.43 bits per heavy atom. The summed E-state index contributed by atoms with van der Waals surface area (Å²) in [6.45, 7) is 5.06. The van der Waals surface area contributed by atoms with E-state index in [-0.39, 0.29) is 11.7 Å². The Balaban J connectivity index is 1.81. The summed E-state index contributed by atoms with van der Waals surface area (Å²) in [5.74, 6) is 0.162. The van der Waals surface area contributed by atoms with Crippen LogP contribution in [-0.2, 0) is 4.79 Å². The van der Waals surface area contributed by atoms with Crippen LogP contribution in [0.3, 0.4) is 0 Å². The summed E-state index contributed by atoms with van der Waals surface area (Å²) >= 11 is 0. The zero-order valence-electron chi connectivity index (χ0n) is 13.1. The number of Topliss-reactive ketones (excluding diaryl/α,β-unsaturated/α-hetero) is 1. The molecule has 0 aliphatic heterocycles. The largest absolute Gasteiger partial charge is 0.342 e. The van der Waals surface area contributed by atoms with Crippen molar-refractivity contribution in [3.8, 4) is 0 Å². The quantitative estimate of drug-likeness (QED) is 0.833. The molecule has 2 aromatic heterocycles. The normalized spacial score (nSPS) is 15.2. The summed E-state index contributed by atoms with van der Waals surface area (Å²) in [4.78, 5) is 32.7. The summed E-state index contributed by atoms with van der Waals surface area (Å²) in [6.07, 6.45) is 5.92. The molecule has 0 bridgehead atoms. The Morgan fingerprint density at radius 2 is 2.22 bits per heavy atom. The molecule has 2 heterocycles. The van der Waals surface area contributed by atoms with Crippen molar-refractivity contribution in [2.45, 2.75) is 38.1 Å². The lowest BCUT2D eigenvalue weighted by molar-refractivity contribution is -0.118. The lowest BCUT2D eigenvalue weighted by Crippen LogP contribution is -2.39. The van der Waals surface area contributed by atoms with Gasteiger partial charge in [-0.05, 0) is 44.4 Å². The number of carbonyl (C=O) groups is 2. The molecule has 0 unspecified atom stereocenters. The first-order chi connectivity index (χ1) is 11.1. The van der Waals surface area contributed by atoms with Crippen molar-refractivity contribution >= 4 is 22.7 Å². The molecule has 0 spiro atoms. The number of aromatic nitrogens is 2. The maximum atomic E-state index is 12.3. The second-order valence-corrected chi connectivity index (χ2v) is 5.94. The van der Waals surface area contributed by atoms with Gasteiger partial charge in [0.05, 0.1) is 11.6 Å². The van der Waals surface area contributed by atoms with Gasteiger partial charge in [-0.2, -0.15) is 0 Å². The highest BCUT2D eigenvalue weighted by Gasteiger charge is 2.25. The Hall–Kier alpha value is -2.56. The van der Waals surface area contributed by atoms with E-state index >= 15 is 0 Å². The maximum absolute atomic E-state index is 12.3. The Morgan fingerprint density at radius 3 is 2.87 bits per heavy atom. The topological polar surface area (TPSA) is 72.0 Å². The van der Waals surface area contributed by atoms with Crippen molar-refractivity contribution in [3.63, 3.8) is 0 Å². The van der Waals surface area contributed by atoms with Crippen LogP contribution < -0.4 is 5.32 Å². The first-order valence-electron chi connectivity index (χ1n) is 7.77. The molecule has 118 valence electrons. The van der Waals surface area contributed by atoms with E-state index < -0.39 is 6.04 Å². The van der Waals surface area contributed by atoms with Crippen LogP contribution in [0.2, 0.25) is 0 Å². The zero-order chi connectivity index (χ0) is 16.4. The van der Waals surface area contributed by atoms with E-state index in [0.29, 0.717) is 23.5 Å². The zero-order valence-corrected chi connectivity index (χ0v) is 13.1. The van der Waals surface area contributed by atoms with E-state index in [4.69, 9.17) is 0 Å². The van der Waals surface area contributed by atoms with E-state index in [1.54, 1.807) is 12.1 Å². The number of amides is 1. The molecule has 1 N–H and O–H groups in total. The van der Waals surface area contributed by atoms with Crippen molar-refractivity contribution in [2.75, 3.05) is 0 Å². The molecule has 0 saturated heterocycles. The number of ketones is 1. The van der Waals surface area contributed by atoms with Crippen LogP contribution in [0, 0.1) is 0 Å². The van der Waals surface area contributed by atoms with Gasteiger partial charge in [0, 0.05) is 23.2 Å². The molecule has 0 aromatic carbocycles. The third-order valence-electron chi connectivity index (χ3n) is 4.02. The molecule has 23 heavy (non-hydrogen) atoms. The summed E-state index contributed by atoms with van der Waals surface area (Å²) in [5, 5.41) is 3.54. The molecule has 3 rings (SSSR count). The van der Waals surface area contributed by atoms with Gasteiger partial charge in [0.25, 0.3) is 5.91 Å². The maximum Gasteiger partial charge on any atom is 0.253 e. The van der Waals surface area contributed by atoms with Crippen molar-refractivity contribution in [3.05, 3.63) is 48.3 Å². The molecular formula is C18H19N3O2. The number of rotatable bonds is 6. The van der Waals surface area contributed by atoms with Gasteiger partial charge in [-0.1, -0.05) is 6.08 Å². The number of carbonyl (C=O) groups excluding carboxylic acids is 2. The van der Waals surface area contributed by atoms with Crippen LogP contribution in [-0.4, -0.2) is 27.7 Å². The number of nitrogens with zero attached hydrogens (tertiary/aromatic N) is 2. The summed E-state index contributed by atoms with van der Waals surface area (Å²) < 4.78 is 0. The minimum absolute atomic E-state index is 0.0947. The standard InChI is InChI=1S/C18H19N3O2/c1-3-4-15(11(2)22)21-18(23)14-9-13-7-8-16(12-5-6-12)20-17(13)19-10-14/h3,7-10,12,15H,1,4-6H2,2H3,(H,21,23)/t15-/m0/s1. The molecule has 1 aliphatic rings. The third-order valence-corrected chi connectivity index (χ3v) is 4.02. The minimum Gasteiger partial charge on any atom is -0.342 e. The summed E-state index contributed by atoms with van der Waals surface area (Å²) in [6, 6.07) is 5.16. The van der Waals surface area contributed by atoms with Gasteiger partial charge in [-0.3, -0.25) is 9.59 Å². The lowest BCUT2D eigenvalue weighted by atomic mass is 10.1. The van der Waals surface area contributed by atoms with E-state index in [2.05, 4.69) is 21.9 Å². The average Bonchev–Trinajstić information content (AvgIpc) is 3.38. The smallest absolute Gasteiger partial charge is 0.253 e. The molecule has 2 aromatic rings. The fourth-order valence-electron chi connectivity index (χ4n) is 2.49. The molecule has 0 radical (unpaired) electrons. The van der Waals surface area contributed by atoms with Gasteiger partial charge in [-0.25, -0.2) is 9.97 Å². The van der Waals surface area contributed by atoms with E-state index in [0.717, 1.165) is 11.1 Å². The molecule has 1 atom stereocenters. The summed E-state index contributed by atoms with van der Waals surface area (Å²) in [5.41, 5.74) is 2.15. The third kappa shape index (κ3) is 3.44. The molecule has 1 saturated carbocycles. The van der Waals surface area contributed by atoms with Crippen molar-refractivity contribution < 1.29 is 9.59 Å². The van der Waals surface area contributed by atoms with E-state index in [9.17, 15) is 9.59 Å². The predicted molar refractivity (Wildman–Crippen MR) is 88.3 cm³/mol. The summed E-state index contributed by atoms with van der Waals surface area (Å²) in [7, 11) is 0. The second-order valence-electron chi connectivity index (χ2n) is 5.94. The highest BCUT2D eigenvalue weighted by molar-refractivity contribution is 5.99. The highest BCUT2D eigenvalue weighted by atomic mass is 16.2. The van der Waals surface area contributed by atoms with Crippen molar-refractivity contribution in [1.29, 1.82) is 0 Å². The number of nitrogens with one attached hydrogen (secondary N) is 1. The van der Waals surface area contributed by atoms with Gasteiger partial charge >= 0.3 is 0 Å². The molecule has 1 amide bonds. The predicted octanol–water partition coefficient (Wildman–Crippen LogP) is 2.77. The number of hydrogen-bond donors (Lipinski definition) is 1. The van der Waals surface area contributed by atoms with Crippen LogP contribution in [0.5, 0.6) is 0 Å². The molecular weight excluding hydrogens is 290 g/mol.